The van der Waals surface area contributed by atoms with Crippen LogP contribution in [-0.4, -0.2) is 51.2 Å². The molecule has 1 aromatic carbocycles. The molecule has 0 unspecified atom stereocenters. The van der Waals surface area contributed by atoms with E-state index >= 15 is 0 Å². The zero-order valence-electron chi connectivity index (χ0n) is 17.9. The van der Waals surface area contributed by atoms with E-state index in [1.807, 2.05) is 10.6 Å². The third-order valence-electron chi connectivity index (χ3n) is 6.05. The molecule has 3 aromatic rings. The molecular formula is C22H22N6O4S. The second-order valence-electron chi connectivity index (χ2n) is 8.14. The Morgan fingerprint density at radius 2 is 1.94 bits per heavy atom. The molecule has 33 heavy (non-hydrogen) atoms. The molecular weight excluding hydrogens is 444 g/mol. The fourth-order valence-electron chi connectivity index (χ4n) is 4.59. The van der Waals surface area contributed by atoms with Crippen LogP contribution in [-0.2, 0) is 6.54 Å². The summed E-state index contributed by atoms with van der Waals surface area (Å²) >= 11 is 0.945. The van der Waals surface area contributed by atoms with Crippen molar-refractivity contribution >= 4 is 34.2 Å². The Morgan fingerprint density at radius 3 is 2.79 bits per heavy atom. The number of amides is 3. The van der Waals surface area contributed by atoms with Gasteiger partial charge in [-0.2, -0.15) is 0 Å². The van der Waals surface area contributed by atoms with Crippen molar-refractivity contribution in [1.82, 2.24) is 19.1 Å². The van der Waals surface area contributed by atoms with Crippen LogP contribution >= 0.6 is 11.5 Å². The lowest BCUT2D eigenvalue weighted by atomic mass is 9.83. The minimum atomic E-state index is -0.493. The molecule has 1 fully saturated rings. The molecule has 2 aromatic heterocycles. The number of hydrogen-bond acceptors (Lipinski definition) is 7. The van der Waals surface area contributed by atoms with E-state index < -0.39 is 5.91 Å². The van der Waals surface area contributed by atoms with E-state index in [1.54, 1.807) is 41.3 Å². The van der Waals surface area contributed by atoms with Crippen LogP contribution in [0.1, 0.15) is 28.5 Å². The fourth-order valence-corrected chi connectivity index (χ4v) is 5.15. The first-order chi connectivity index (χ1) is 16.0. The average molecular weight is 467 g/mol. The molecule has 1 saturated heterocycles. The molecule has 11 heteroatoms. The van der Waals surface area contributed by atoms with Gasteiger partial charge < -0.3 is 19.5 Å². The number of benzene rings is 1. The fraction of sp³-hybridized carbons (Fsp3) is 0.318. The quantitative estimate of drug-likeness (QED) is 0.610. The molecule has 0 radical (unpaired) electrons. The van der Waals surface area contributed by atoms with Gasteiger partial charge in [-0.15, -0.1) is 5.10 Å². The van der Waals surface area contributed by atoms with Crippen LogP contribution in [0.5, 0.6) is 5.75 Å². The number of para-hydroxylation sites is 2. The van der Waals surface area contributed by atoms with E-state index in [0.29, 0.717) is 31.1 Å². The summed E-state index contributed by atoms with van der Waals surface area (Å²) in [6, 6.07) is 12.0. The van der Waals surface area contributed by atoms with E-state index in [0.717, 1.165) is 23.6 Å². The lowest BCUT2D eigenvalue weighted by Gasteiger charge is -2.42. The largest absolute Gasteiger partial charge is 0.495 e. The molecule has 2 atom stereocenters. The molecule has 0 spiro atoms. The molecule has 2 aliphatic rings. The number of fused-ring (bicyclic) bond motifs is 4. The van der Waals surface area contributed by atoms with Crippen molar-refractivity contribution in [2.75, 3.05) is 30.8 Å². The van der Waals surface area contributed by atoms with Gasteiger partial charge in [-0.3, -0.25) is 14.9 Å². The maximum Gasteiger partial charge on any atom is 0.322 e. The van der Waals surface area contributed by atoms with E-state index in [9.17, 15) is 14.4 Å². The second kappa shape index (κ2) is 8.66. The number of piperidine rings is 1. The standard InChI is InChI=1S/C22H22N6O4S/c1-32-17-7-3-2-5-15(17)23-20(30)19-21(33-26-25-19)24-22(31)27-10-13-9-14(12-27)16-6-4-8-18(29)28(16)11-13/h2-8,13-14H,9-12H2,1H3,(H,23,30)(H,24,31)/t13-,14-/m0/s1. The van der Waals surface area contributed by atoms with Crippen LogP contribution in [0, 0.1) is 5.92 Å². The topological polar surface area (TPSA) is 118 Å². The molecule has 0 saturated carbocycles. The Kier molecular flexibility index (Phi) is 5.55. The van der Waals surface area contributed by atoms with Crippen LogP contribution < -0.4 is 20.9 Å². The molecule has 4 heterocycles. The lowest BCUT2D eigenvalue weighted by Crippen LogP contribution is -2.50. The molecule has 2 bridgehead atoms. The van der Waals surface area contributed by atoms with Crippen molar-refractivity contribution in [3.63, 3.8) is 0 Å². The van der Waals surface area contributed by atoms with Gasteiger partial charge in [-0.05, 0) is 30.5 Å². The number of likely N-dealkylation sites (tertiary alicyclic amines) is 1. The van der Waals surface area contributed by atoms with Gasteiger partial charge in [0.1, 0.15) is 5.75 Å². The Bertz CT molecular complexity index is 1270. The normalized spacial score (nSPS) is 18.9. The highest BCUT2D eigenvalue weighted by Crippen LogP contribution is 2.35. The summed E-state index contributed by atoms with van der Waals surface area (Å²) in [5.41, 5.74) is 1.50. The molecule has 170 valence electrons. The zero-order chi connectivity index (χ0) is 22.9. The van der Waals surface area contributed by atoms with E-state index in [4.69, 9.17) is 4.74 Å². The van der Waals surface area contributed by atoms with Gasteiger partial charge in [0.05, 0.1) is 12.8 Å². The molecule has 2 aliphatic heterocycles. The first-order valence-corrected chi connectivity index (χ1v) is 11.3. The Morgan fingerprint density at radius 1 is 1.09 bits per heavy atom. The summed E-state index contributed by atoms with van der Waals surface area (Å²) in [7, 11) is 1.52. The number of carbonyl (C=O) groups is 2. The molecule has 5 rings (SSSR count). The number of hydrogen-bond donors (Lipinski definition) is 2. The molecule has 10 nitrogen and oxygen atoms in total. The minimum Gasteiger partial charge on any atom is -0.495 e. The number of nitrogens with zero attached hydrogens (tertiary/aromatic N) is 4. The van der Waals surface area contributed by atoms with Crippen LogP contribution in [0.3, 0.4) is 0 Å². The Labute approximate surface area is 193 Å². The highest BCUT2D eigenvalue weighted by atomic mass is 32.1. The molecule has 3 amide bonds. The predicted octanol–water partition coefficient (Wildman–Crippen LogP) is 2.61. The van der Waals surface area contributed by atoms with Gasteiger partial charge in [-0.25, -0.2) is 4.79 Å². The van der Waals surface area contributed by atoms with Crippen molar-refractivity contribution in [2.45, 2.75) is 18.9 Å². The number of anilines is 2. The number of aromatic nitrogens is 3. The predicted molar refractivity (Wildman–Crippen MR) is 123 cm³/mol. The number of carbonyl (C=O) groups excluding carboxylic acids is 2. The lowest BCUT2D eigenvalue weighted by molar-refractivity contribution is 0.102. The molecule has 2 N–H and O–H groups in total. The number of ether oxygens (including phenoxy) is 1. The Hall–Kier alpha value is -3.73. The summed E-state index contributed by atoms with van der Waals surface area (Å²) in [6.07, 6.45) is 0.946. The number of rotatable bonds is 4. The van der Waals surface area contributed by atoms with Gasteiger partial charge in [0, 0.05) is 48.8 Å². The zero-order valence-corrected chi connectivity index (χ0v) is 18.7. The van der Waals surface area contributed by atoms with Gasteiger partial charge in [0.25, 0.3) is 11.5 Å². The second-order valence-corrected chi connectivity index (χ2v) is 8.89. The highest BCUT2D eigenvalue weighted by molar-refractivity contribution is 7.10. The Balaban J connectivity index is 1.29. The summed E-state index contributed by atoms with van der Waals surface area (Å²) in [5.74, 6) is 0.325. The first kappa shape index (κ1) is 21.1. The van der Waals surface area contributed by atoms with Crippen molar-refractivity contribution in [3.05, 3.63) is 64.2 Å². The van der Waals surface area contributed by atoms with Gasteiger partial charge in [-0.1, -0.05) is 22.7 Å². The first-order valence-electron chi connectivity index (χ1n) is 10.6. The van der Waals surface area contributed by atoms with Crippen molar-refractivity contribution in [3.8, 4) is 5.75 Å². The summed E-state index contributed by atoms with van der Waals surface area (Å²) in [4.78, 5) is 39.8. The van der Waals surface area contributed by atoms with Crippen molar-refractivity contribution < 1.29 is 14.3 Å². The van der Waals surface area contributed by atoms with Gasteiger partial charge in [0.2, 0.25) is 0 Å². The third kappa shape index (κ3) is 4.07. The molecule has 0 aliphatic carbocycles. The number of pyridine rings is 1. The number of urea groups is 1. The monoisotopic (exact) mass is 466 g/mol. The van der Waals surface area contributed by atoms with E-state index in [-0.39, 0.29) is 34.1 Å². The van der Waals surface area contributed by atoms with Crippen LogP contribution in [0.25, 0.3) is 0 Å². The average Bonchev–Trinajstić information content (AvgIpc) is 3.28. The third-order valence-corrected chi connectivity index (χ3v) is 6.69. The summed E-state index contributed by atoms with van der Waals surface area (Å²) in [6.45, 7) is 1.64. The number of methoxy groups -OCH3 is 1. The van der Waals surface area contributed by atoms with E-state index in [2.05, 4.69) is 20.2 Å². The highest BCUT2D eigenvalue weighted by Gasteiger charge is 2.36. The van der Waals surface area contributed by atoms with Crippen LogP contribution in [0.15, 0.2) is 47.3 Å². The van der Waals surface area contributed by atoms with Gasteiger partial charge >= 0.3 is 6.03 Å². The summed E-state index contributed by atoms with van der Waals surface area (Å²) in [5, 5.41) is 9.73. The smallest absolute Gasteiger partial charge is 0.322 e. The SMILES string of the molecule is COc1ccccc1NC(=O)c1nnsc1NC(=O)N1C[C@@H]2C[C@@H](C1)c1cccc(=O)n1C2. The van der Waals surface area contributed by atoms with Crippen LogP contribution in [0.2, 0.25) is 0 Å². The van der Waals surface area contributed by atoms with Gasteiger partial charge in [0.15, 0.2) is 10.7 Å². The minimum absolute atomic E-state index is 0.00142. The van der Waals surface area contributed by atoms with Crippen molar-refractivity contribution in [2.24, 2.45) is 5.92 Å². The van der Waals surface area contributed by atoms with E-state index in [1.165, 1.54) is 7.11 Å². The maximum absolute atomic E-state index is 13.1. The maximum atomic E-state index is 13.1. The van der Waals surface area contributed by atoms with Crippen LogP contribution in [0.4, 0.5) is 15.5 Å². The van der Waals surface area contributed by atoms with Crippen molar-refractivity contribution in [1.29, 1.82) is 0 Å². The summed E-state index contributed by atoms with van der Waals surface area (Å²) < 4.78 is 10.9. The number of nitrogens with one attached hydrogen (secondary N) is 2.